The molecule has 1 atom stereocenters. The zero-order valence-electron chi connectivity index (χ0n) is 10.8. The SMILES string of the molecule is NCC#Cc1cccnc1C(=O)NC1CCS(=O)(=O)C1. The highest BCUT2D eigenvalue weighted by atomic mass is 32.2. The molecule has 0 bridgehead atoms. The third-order valence-electron chi connectivity index (χ3n) is 2.92. The number of amides is 1. The lowest BCUT2D eigenvalue weighted by Crippen LogP contribution is -2.36. The van der Waals surface area contributed by atoms with Crippen molar-refractivity contribution >= 4 is 15.7 Å². The monoisotopic (exact) mass is 293 g/mol. The van der Waals surface area contributed by atoms with E-state index in [-0.39, 0.29) is 29.8 Å². The van der Waals surface area contributed by atoms with Gasteiger partial charge in [0, 0.05) is 12.2 Å². The van der Waals surface area contributed by atoms with Crippen molar-refractivity contribution in [3.05, 3.63) is 29.6 Å². The van der Waals surface area contributed by atoms with Crippen molar-refractivity contribution in [1.29, 1.82) is 0 Å². The van der Waals surface area contributed by atoms with E-state index < -0.39 is 15.7 Å². The summed E-state index contributed by atoms with van der Waals surface area (Å²) in [5, 5.41) is 2.69. The Kier molecular flexibility index (Phi) is 4.37. The molecule has 6 nitrogen and oxygen atoms in total. The Morgan fingerprint density at radius 1 is 1.55 bits per heavy atom. The average Bonchev–Trinajstić information content (AvgIpc) is 2.76. The molecule has 1 aromatic heterocycles. The van der Waals surface area contributed by atoms with Gasteiger partial charge in [-0.1, -0.05) is 11.8 Å². The fourth-order valence-corrected chi connectivity index (χ4v) is 3.67. The van der Waals surface area contributed by atoms with Gasteiger partial charge in [0.2, 0.25) is 0 Å². The Bertz CT molecular complexity index is 674. The number of nitrogens with two attached hydrogens (primary N) is 1. The molecule has 20 heavy (non-hydrogen) atoms. The molecule has 1 aliphatic rings. The number of nitrogens with zero attached hydrogens (tertiary/aromatic N) is 1. The number of aromatic nitrogens is 1. The summed E-state index contributed by atoms with van der Waals surface area (Å²) in [5.41, 5.74) is 5.98. The van der Waals surface area contributed by atoms with Crippen LogP contribution in [0.25, 0.3) is 0 Å². The van der Waals surface area contributed by atoms with E-state index in [1.165, 1.54) is 6.20 Å². The number of hydrogen-bond acceptors (Lipinski definition) is 5. The molecular weight excluding hydrogens is 278 g/mol. The van der Waals surface area contributed by atoms with Crippen LogP contribution >= 0.6 is 0 Å². The fourth-order valence-electron chi connectivity index (χ4n) is 2.00. The van der Waals surface area contributed by atoms with E-state index in [0.29, 0.717) is 12.0 Å². The van der Waals surface area contributed by atoms with Crippen molar-refractivity contribution in [1.82, 2.24) is 10.3 Å². The summed E-state index contributed by atoms with van der Waals surface area (Å²) in [7, 11) is -3.03. The van der Waals surface area contributed by atoms with Crippen LogP contribution < -0.4 is 11.1 Å². The van der Waals surface area contributed by atoms with E-state index in [1.807, 2.05) is 0 Å². The van der Waals surface area contributed by atoms with Gasteiger partial charge >= 0.3 is 0 Å². The van der Waals surface area contributed by atoms with Gasteiger partial charge in [0.1, 0.15) is 5.69 Å². The van der Waals surface area contributed by atoms with Gasteiger partial charge in [-0.15, -0.1) is 0 Å². The van der Waals surface area contributed by atoms with E-state index in [4.69, 9.17) is 5.73 Å². The van der Waals surface area contributed by atoms with Crippen LogP contribution in [0, 0.1) is 11.8 Å². The molecule has 1 saturated heterocycles. The zero-order chi connectivity index (χ0) is 14.6. The lowest BCUT2D eigenvalue weighted by atomic mass is 10.1. The summed E-state index contributed by atoms with van der Waals surface area (Å²) in [6, 6.07) is 3.00. The number of hydrogen-bond donors (Lipinski definition) is 2. The molecule has 3 N–H and O–H groups in total. The quantitative estimate of drug-likeness (QED) is 0.703. The Balaban J connectivity index is 2.14. The first-order valence-corrected chi connectivity index (χ1v) is 7.99. The Labute approximate surface area is 117 Å². The van der Waals surface area contributed by atoms with Gasteiger partial charge in [-0.25, -0.2) is 13.4 Å². The minimum atomic E-state index is -3.03. The Hall–Kier alpha value is -1.91. The minimum Gasteiger partial charge on any atom is -0.347 e. The maximum atomic E-state index is 12.1. The van der Waals surface area contributed by atoms with Crippen LogP contribution in [0.5, 0.6) is 0 Å². The zero-order valence-corrected chi connectivity index (χ0v) is 11.6. The molecule has 1 fully saturated rings. The summed E-state index contributed by atoms with van der Waals surface area (Å²) in [5.74, 6) is 5.13. The first-order valence-electron chi connectivity index (χ1n) is 6.17. The Morgan fingerprint density at radius 3 is 3.00 bits per heavy atom. The molecule has 0 aliphatic carbocycles. The molecule has 106 valence electrons. The first-order chi connectivity index (χ1) is 9.52. The van der Waals surface area contributed by atoms with Crippen LogP contribution in [-0.4, -0.2) is 43.4 Å². The summed E-state index contributed by atoms with van der Waals surface area (Å²) in [4.78, 5) is 16.1. The van der Waals surface area contributed by atoms with Gasteiger partial charge in [-0.2, -0.15) is 0 Å². The highest BCUT2D eigenvalue weighted by Crippen LogP contribution is 2.12. The van der Waals surface area contributed by atoms with Crippen LogP contribution in [-0.2, 0) is 9.84 Å². The molecule has 1 aromatic rings. The van der Waals surface area contributed by atoms with Crippen molar-refractivity contribution in [2.75, 3.05) is 18.1 Å². The molecular formula is C13H15N3O3S. The summed E-state index contributed by atoms with van der Waals surface area (Å²) in [6.45, 7) is 0.191. The van der Waals surface area contributed by atoms with E-state index in [2.05, 4.69) is 22.1 Å². The number of nitrogens with one attached hydrogen (secondary N) is 1. The van der Waals surface area contributed by atoms with Gasteiger partial charge in [-0.3, -0.25) is 4.79 Å². The van der Waals surface area contributed by atoms with Crippen LogP contribution in [0.4, 0.5) is 0 Å². The fraction of sp³-hybridized carbons (Fsp3) is 0.385. The summed E-state index contributed by atoms with van der Waals surface area (Å²) >= 11 is 0. The van der Waals surface area contributed by atoms with Crippen LogP contribution in [0.15, 0.2) is 18.3 Å². The standard InChI is InChI=1S/C13H15N3O3S/c14-6-1-3-10-4-2-7-15-12(10)13(17)16-11-5-8-20(18,19)9-11/h2,4,7,11H,5-6,8-9,14H2,(H,16,17). The van der Waals surface area contributed by atoms with Gasteiger partial charge in [0.05, 0.1) is 23.6 Å². The second-order valence-electron chi connectivity index (χ2n) is 4.48. The van der Waals surface area contributed by atoms with Gasteiger partial charge in [0.15, 0.2) is 9.84 Å². The largest absolute Gasteiger partial charge is 0.347 e. The number of rotatable bonds is 2. The predicted octanol–water partition coefficient (Wildman–Crippen LogP) is -0.691. The summed E-state index contributed by atoms with van der Waals surface area (Å²) in [6.07, 6.45) is 1.93. The van der Waals surface area contributed by atoms with Crippen molar-refractivity contribution in [3.8, 4) is 11.8 Å². The second kappa shape index (κ2) is 6.03. The third kappa shape index (κ3) is 3.56. The maximum absolute atomic E-state index is 12.1. The van der Waals surface area contributed by atoms with Crippen LogP contribution in [0.2, 0.25) is 0 Å². The highest BCUT2D eigenvalue weighted by molar-refractivity contribution is 7.91. The third-order valence-corrected chi connectivity index (χ3v) is 4.68. The number of carbonyl (C=O) groups excluding carboxylic acids is 1. The maximum Gasteiger partial charge on any atom is 0.271 e. The van der Waals surface area contributed by atoms with Crippen molar-refractivity contribution in [2.24, 2.45) is 5.73 Å². The van der Waals surface area contributed by atoms with E-state index in [9.17, 15) is 13.2 Å². The van der Waals surface area contributed by atoms with Gasteiger partial charge in [-0.05, 0) is 18.6 Å². The topological polar surface area (TPSA) is 102 Å². The number of sulfone groups is 1. The molecule has 0 saturated carbocycles. The van der Waals surface area contributed by atoms with Crippen LogP contribution in [0.3, 0.4) is 0 Å². The first kappa shape index (κ1) is 14.5. The van der Waals surface area contributed by atoms with E-state index in [0.717, 1.165) is 0 Å². The van der Waals surface area contributed by atoms with Crippen molar-refractivity contribution < 1.29 is 13.2 Å². The van der Waals surface area contributed by atoms with E-state index in [1.54, 1.807) is 12.1 Å². The van der Waals surface area contributed by atoms with Crippen molar-refractivity contribution in [2.45, 2.75) is 12.5 Å². The van der Waals surface area contributed by atoms with E-state index >= 15 is 0 Å². The average molecular weight is 293 g/mol. The lowest BCUT2D eigenvalue weighted by molar-refractivity contribution is 0.0936. The molecule has 1 amide bonds. The molecule has 2 heterocycles. The molecule has 1 unspecified atom stereocenters. The van der Waals surface area contributed by atoms with Crippen LogP contribution in [0.1, 0.15) is 22.5 Å². The smallest absolute Gasteiger partial charge is 0.271 e. The highest BCUT2D eigenvalue weighted by Gasteiger charge is 2.29. The number of pyridine rings is 1. The van der Waals surface area contributed by atoms with Gasteiger partial charge < -0.3 is 11.1 Å². The van der Waals surface area contributed by atoms with Gasteiger partial charge in [0.25, 0.3) is 5.91 Å². The lowest BCUT2D eigenvalue weighted by Gasteiger charge is -2.11. The second-order valence-corrected chi connectivity index (χ2v) is 6.71. The molecule has 0 spiro atoms. The predicted molar refractivity (Wildman–Crippen MR) is 74.7 cm³/mol. The Morgan fingerprint density at radius 2 is 2.35 bits per heavy atom. The normalized spacial score (nSPS) is 19.9. The minimum absolute atomic E-state index is 0.0185. The molecule has 0 radical (unpaired) electrons. The number of carbonyl (C=O) groups is 1. The molecule has 2 rings (SSSR count). The van der Waals surface area contributed by atoms with Crippen molar-refractivity contribution in [3.63, 3.8) is 0 Å². The molecule has 7 heteroatoms. The molecule has 0 aromatic carbocycles. The summed E-state index contributed by atoms with van der Waals surface area (Å²) < 4.78 is 22.7. The molecule has 1 aliphatic heterocycles.